The molecule has 1 N–H and O–H groups in total. The summed E-state index contributed by atoms with van der Waals surface area (Å²) in [5.41, 5.74) is -2.35. The Morgan fingerprint density at radius 3 is 2.24 bits per heavy atom. The smallest absolute Gasteiger partial charge is 0.319 e. The van der Waals surface area contributed by atoms with E-state index in [2.05, 4.69) is 23.8 Å². The molecule has 4 rings (SSSR count). The largest absolute Gasteiger partial charge is 0.463 e. The topological polar surface area (TPSA) is 119 Å². The first-order valence-corrected chi connectivity index (χ1v) is 18.4. The van der Waals surface area contributed by atoms with Crippen molar-refractivity contribution in [3.05, 3.63) is 0 Å². The zero-order valence-corrected chi connectivity index (χ0v) is 32.4. The molecule has 49 heavy (non-hydrogen) atoms. The molecule has 4 aliphatic rings. The summed E-state index contributed by atoms with van der Waals surface area (Å²) in [6.45, 7) is 19.4. The van der Waals surface area contributed by atoms with E-state index in [-0.39, 0.29) is 42.6 Å². The van der Waals surface area contributed by atoms with Gasteiger partial charge in [-0.3, -0.25) is 14.5 Å². The molecule has 0 radical (unpaired) electrons. The molecule has 0 aromatic heterocycles. The zero-order chi connectivity index (χ0) is 36.5. The molecular weight excluding hydrogens is 630 g/mol. The van der Waals surface area contributed by atoms with E-state index in [1.165, 1.54) is 0 Å². The van der Waals surface area contributed by atoms with Crippen molar-refractivity contribution in [3.63, 3.8) is 0 Å². The molecule has 0 amide bonds. The Bertz CT molecular complexity index is 1110. The fraction of sp³-hybridized carbons (Fsp3) is 0.946. The third-order valence-corrected chi connectivity index (χ3v) is 11.6. The van der Waals surface area contributed by atoms with Gasteiger partial charge < -0.3 is 43.3 Å². The highest BCUT2D eigenvalue weighted by Gasteiger charge is 2.51. The number of carbonyl (C=O) groups is 2. The number of rotatable bonds is 7. The van der Waals surface area contributed by atoms with Gasteiger partial charge in [0.05, 0.1) is 30.5 Å². The number of nitrogens with zero attached hydrogens (tertiary/aromatic N) is 3. The molecule has 4 aliphatic heterocycles. The van der Waals surface area contributed by atoms with Gasteiger partial charge in [0.2, 0.25) is 0 Å². The molecule has 0 spiro atoms. The van der Waals surface area contributed by atoms with Gasteiger partial charge in [-0.25, -0.2) is 0 Å². The number of aliphatic hydroxyl groups is 1. The van der Waals surface area contributed by atoms with Gasteiger partial charge in [0.1, 0.15) is 18.1 Å². The van der Waals surface area contributed by atoms with Crippen LogP contribution in [-0.2, 0) is 38.0 Å². The maximum Gasteiger partial charge on any atom is 0.319 e. The molecule has 284 valence electrons. The van der Waals surface area contributed by atoms with Gasteiger partial charge in [-0.1, -0.05) is 13.8 Å². The van der Waals surface area contributed by atoms with E-state index in [0.717, 1.165) is 39.0 Å². The van der Waals surface area contributed by atoms with E-state index in [0.29, 0.717) is 25.4 Å². The second-order valence-corrected chi connectivity index (χ2v) is 16.9. The third kappa shape index (κ3) is 9.61. The van der Waals surface area contributed by atoms with Crippen molar-refractivity contribution in [2.24, 2.45) is 23.2 Å². The minimum absolute atomic E-state index is 0.00119. The number of likely N-dealkylation sites (N-methyl/N-ethyl adjacent to an activating group) is 2. The van der Waals surface area contributed by atoms with Crippen LogP contribution in [0.2, 0.25) is 0 Å². The Morgan fingerprint density at radius 2 is 1.67 bits per heavy atom. The highest BCUT2D eigenvalue weighted by molar-refractivity contribution is 6.04. The normalized spacial score (nSPS) is 40.8. The Morgan fingerprint density at radius 1 is 1.02 bits per heavy atom. The van der Waals surface area contributed by atoms with Crippen molar-refractivity contribution in [1.82, 2.24) is 14.7 Å². The van der Waals surface area contributed by atoms with Gasteiger partial charge in [-0.05, 0) is 113 Å². The van der Waals surface area contributed by atoms with Gasteiger partial charge in [0.25, 0.3) is 0 Å². The molecule has 12 nitrogen and oxygen atoms in total. The van der Waals surface area contributed by atoms with Crippen LogP contribution >= 0.6 is 0 Å². The van der Waals surface area contributed by atoms with Gasteiger partial charge in [-0.2, -0.15) is 0 Å². The van der Waals surface area contributed by atoms with Gasteiger partial charge in [-0.15, -0.1) is 0 Å². The number of cyclic esters (lactones) is 1. The maximum atomic E-state index is 14.3. The minimum atomic E-state index is -1.43. The average Bonchev–Trinajstić information content (AvgIpc) is 3.37. The summed E-state index contributed by atoms with van der Waals surface area (Å²) >= 11 is 0. The predicted molar refractivity (Wildman–Crippen MR) is 186 cm³/mol. The van der Waals surface area contributed by atoms with Crippen molar-refractivity contribution < 1.29 is 43.1 Å². The SMILES string of the molecule is CO[C@]1(C)C[C@@H](C)CN(C)C(C2CCN(C[C@H]3COC(C)(C)O3)CC2)COC(=O)C(C)(C)C(=O)[C@H](C)[C@H]1O[C@@H]1O[C@H](C)C[C@H](N(C)C)[C@H]1O. The molecule has 4 heterocycles. The number of likely N-dealkylation sites (tertiary alicyclic amines) is 1. The quantitative estimate of drug-likeness (QED) is 0.311. The van der Waals surface area contributed by atoms with E-state index in [9.17, 15) is 14.7 Å². The van der Waals surface area contributed by atoms with Crippen molar-refractivity contribution in [1.29, 1.82) is 0 Å². The molecule has 4 saturated heterocycles. The van der Waals surface area contributed by atoms with Crippen LogP contribution in [-0.4, -0.2) is 153 Å². The Labute approximate surface area is 295 Å². The molecule has 0 aliphatic carbocycles. The summed E-state index contributed by atoms with van der Waals surface area (Å²) < 4.78 is 37.0. The first-order chi connectivity index (χ1) is 22.8. The zero-order valence-electron chi connectivity index (χ0n) is 32.4. The Kier molecular flexibility index (Phi) is 13.4. The summed E-state index contributed by atoms with van der Waals surface area (Å²) in [5, 5.41) is 11.4. The fourth-order valence-corrected chi connectivity index (χ4v) is 8.72. The molecule has 0 aromatic carbocycles. The number of hydrogen-bond acceptors (Lipinski definition) is 12. The number of ketones is 1. The van der Waals surface area contributed by atoms with E-state index in [4.69, 9.17) is 28.4 Å². The van der Waals surface area contributed by atoms with E-state index < -0.39 is 47.2 Å². The molecular formula is C37H67N3O9. The third-order valence-electron chi connectivity index (χ3n) is 11.6. The number of piperidine rings is 1. The van der Waals surface area contributed by atoms with Crippen LogP contribution in [0, 0.1) is 23.2 Å². The van der Waals surface area contributed by atoms with Gasteiger partial charge >= 0.3 is 5.97 Å². The van der Waals surface area contributed by atoms with Crippen LogP contribution in [0.25, 0.3) is 0 Å². The van der Waals surface area contributed by atoms with Crippen molar-refractivity contribution in [3.8, 4) is 0 Å². The molecule has 12 heteroatoms. The molecule has 0 saturated carbocycles. The summed E-state index contributed by atoms with van der Waals surface area (Å²) in [6.07, 6.45) is 0.386. The van der Waals surface area contributed by atoms with Crippen LogP contribution in [0.4, 0.5) is 0 Å². The molecule has 0 bridgehead atoms. The van der Waals surface area contributed by atoms with Crippen molar-refractivity contribution >= 4 is 11.8 Å². The summed E-state index contributed by atoms with van der Waals surface area (Å²) in [4.78, 5) is 34.9. The van der Waals surface area contributed by atoms with Crippen LogP contribution in [0.1, 0.15) is 81.1 Å². The molecule has 1 unspecified atom stereocenters. The lowest BCUT2D eigenvalue weighted by Gasteiger charge is -2.47. The average molecular weight is 698 g/mol. The molecule has 10 atom stereocenters. The van der Waals surface area contributed by atoms with E-state index in [1.54, 1.807) is 27.9 Å². The second kappa shape index (κ2) is 16.2. The van der Waals surface area contributed by atoms with Crippen LogP contribution in [0.5, 0.6) is 0 Å². The summed E-state index contributed by atoms with van der Waals surface area (Å²) in [7, 11) is 7.61. The lowest BCUT2D eigenvalue weighted by atomic mass is 9.74. The van der Waals surface area contributed by atoms with Crippen molar-refractivity contribution in [2.75, 3.05) is 67.6 Å². The van der Waals surface area contributed by atoms with Gasteiger partial charge in [0, 0.05) is 38.2 Å². The molecule has 4 fully saturated rings. The minimum Gasteiger partial charge on any atom is -0.463 e. The first-order valence-electron chi connectivity index (χ1n) is 18.4. The Balaban J connectivity index is 1.55. The second-order valence-electron chi connectivity index (χ2n) is 16.9. The highest BCUT2D eigenvalue weighted by atomic mass is 16.7. The maximum absolute atomic E-state index is 14.3. The first kappa shape index (κ1) is 40.5. The lowest BCUT2D eigenvalue weighted by molar-refractivity contribution is -0.295. The number of esters is 1. The predicted octanol–water partition coefficient (Wildman–Crippen LogP) is 3.18. The summed E-state index contributed by atoms with van der Waals surface area (Å²) in [6, 6.07) is -0.179. The summed E-state index contributed by atoms with van der Waals surface area (Å²) in [5.74, 6) is -1.66. The van der Waals surface area contributed by atoms with E-state index >= 15 is 0 Å². The number of hydrogen-bond donors (Lipinski definition) is 1. The number of aliphatic hydroxyl groups excluding tert-OH is 1. The number of Topliss-reactive ketones (excluding diaryl/α,β-unsaturated/α-hetero) is 1. The van der Waals surface area contributed by atoms with Gasteiger partial charge in [0.15, 0.2) is 17.9 Å². The monoisotopic (exact) mass is 697 g/mol. The van der Waals surface area contributed by atoms with Crippen LogP contribution in [0.3, 0.4) is 0 Å². The van der Waals surface area contributed by atoms with Crippen LogP contribution < -0.4 is 0 Å². The standard InChI is InChI=1S/C37H67N3O9/c1-23-18-37(8,44-12)32(48-33-30(41)28(38(9)10)17-24(2)47-33)25(3)31(42)35(4,5)34(43)45-22-29(39(11)19-23)26-13-15-40(16-14-26)20-27-21-46-36(6,7)49-27/h23-30,32-33,41H,13-22H2,1-12H3/t23-,24-,25+,27+,28+,29?,30-,32-,33+,37-/m1/s1. The number of carbonyl (C=O) groups excluding carboxylic acids is 2. The van der Waals surface area contributed by atoms with Crippen molar-refractivity contribution in [2.45, 2.75) is 135 Å². The molecule has 0 aromatic rings. The lowest BCUT2D eigenvalue weighted by Crippen LogP contribution is -2.59. The Hall–Kier alpha value is -1.22. The number of methoxy groups -OCH3 is 1. The fourth-order valence-electron chi connectivity index (χ4n) is 8.72. The highest BCUT2D eigenvalue weighted by Crippen LogP contribution is 2.39. The number of ether oxygens (including phenoxy) is 6. The van der Waals surface area contributed by atoms with Crippen LogP contribution in [0.15, 0.2) is 0 Å². The van der Waals surface area contributed by atoms with E-state index in [1.807, 2.05) is 46.7 Å².